The van der Waals surface area contributed by atoms with Crippen LogP contribution in [-0.4, -0.2) is 44.8 Å². The van der Waals surface area contributed by atoms with Gasteiger partial charge in [-0.05, 0) is 60.9 Å². The highest BCUT2D eigenvalue weighted by Crippen LogP contribution is 2.33. The zero-order chi connectivity index (χ0) is 32.8. The van der Waals surface area contributed by atoms with Crippen molar-refractivity contribution in [2.24, 2.45) is 0 Å². The molecule has 45 heavy (non-hydrogen) atoms. The van der Waals surface area contributed by atoms with Gasteiger partial charge in [-0.1, -0.05) is 78.4 Å². The van der Waals surface area contributed by atoms with Gasteiger partial charge in [-0.15, -0.1) is 0 Å². The van der Waals surface area contributed by atoms with Crippen LogP contribution in [0, 0.1) is 13.8 Å². The fourth-order valence-corrected chi connectivity index (χ4v) is 6.30. The molecule has 7 nitrogen and oxygen atoms in total. The van der Waals surface area contributed by atoms with E-state index in [0.29, 0.717) is 10.4 Å². The van der Waals surface area contributed by atoms with Gasteiger partial charge in [0.05, 0.1) is 16.1 Å². The summed E-state index contributed by atoms with van der Waals surface area (Å²) in [6, 6.07) is 24.9. The van der Waals surface area contributed by atoms with Crippen molar-refractivity contribution >= 4 is 27.5 Å². The molecule has 4 aromatic rings. The molecule has 0 bridgehead atoms. The molecule has 0 heterocycles. The number of anilines is 1. The van der Waals surface area contributed by atoms with Gasteiger partial charge in [-0.25, -0.2) is 8.42 Å². The minimum absolute atomic E-state index is 0.0442. The quantitative estimate of drug-likeness (QED) is 0.222. The van der Waals surface area contributed by atoms with Crippen LogP contribution >= 0.6 is 0 Å². The Kier molecular flexibility index (Phi) is 10.3. The summed E-state index contributed by atoms with van der Waals surface area (Å²) in [7, 11) is -3.10. The highest BCUT2D eigenvalue weighted by molar-refractivity contribution is 7.92. The lowest BCUT2D eigenvalue weighted by Gasteiger charge is -2.34. The highest BCUT2D eigenvalue weighted by Gasteiger charge is 2.36. The van der Waals surface area contributed by atoms with E-state index in [2.05, 4.69) is 5.32 Å². The molecule has 1 N–H and O–H groups in total. The molecule has 4 rings (SSSR count). The third-order valence-corrected chi connectivity index (χ3v) is 9.26. The lowest BCUT2D eigenvalue weighted by atomic mass is 10.0. The van der Waals surface area contributed by atoms with Crippen molar-refractivity contribution in [2.75, 3.05) is 17.9 Å². The number of benzene rings is 4. The van der Waals surface area contributed by atoms with Gasteiger partial charge in [-0.3, -0.25) is 13.9 Å². The number of likely N-dealkylation sites (N-methyl/N-ethyl adjacent to an activating group) is 1. The van der Waals surface area contributed by atoms with Gasteiger partial charge >= 0.3 is 6.18 Å². The van der Waals surface area contributed by atoms with Gasteiger partial charge in [0.2, 0.25) is 11.8 Å². The third kappa shape index (κ3) is 8.10. The number of sulfonamides is 1. The van der Waals surface area contributed by atoms with Crippen molar-refractivity contribution in [3.63, 3.8) is 0 Å². The number of hydrogen-bond donors (Lipinski definition) is 1. The zero-order valence-corrected chi connectivity index (χ0v) is 25.9. The Balaban J connectivity index is 1.84. The number of alkyl halides is 3. The summed E-state index contributed by atoms with van der Waals surface area (Å²) in [5.74, 6) is -1.25. The molecule has 236 valence electrons. The van der Waals surface area contributed by atoms with E-state index in [9.17, 15) is 31.2 Å². The fourth-order valence-electron chi connectivity index (χ4n) is 4.90. The Morgan fingerprint density at radius 1 is 0.844 bits per heavy atom. The summed E-state index contributed by atoms with van der Waals surface area (Å²) in [4.78, 5) is 28.8. The van der Waals surface area contributed by atoms with E-state index in [0.717, 1.165) is 34.4 Å². The van der Waals surface area contributed by atoms with Crippen LogP contribution in [-0.2, 0) is 38.8 Å². The molecule has 4 aromatic carbocycles. The van der Waals surface area contributed by atoms with Crippen LogP contribution in [0.5, 0.6) is 0 Å². The SMILES string of the molecule is CNC(=O)[C@H](Cc1ccccc1)N(Cc1ccccc1C)C(=O)CN(c1cccc(C(F)(F)F)c1)S(=O)(=O)c1ccc(C)cc1. The number of amides is 2. The van der Waals surface area contributed by atoms with E-state index in [1.54, 1.807) is 43.3 Å². The molecule has 0 aliphatic heterocycles. The Labute approximate surface area is 261 Å². The summed E-state index contributed by atoms with van der Waals surface area (Å²) in [5, 5.41) is 2.60. The van der Waals surface area contributed by atoms with E-state index in [1.165, 1.54) is 30.1 Å². The lowest BCUT2D eigenvalue weighted by Crippen LogP contribution is -2.53. The number of hydrogen-bond acceptors (Lipinski definition) is 4. The number of rotatable bonds is 11. The molecule has 0 unspecified atom stereocenters. The van der Waals surface area contributed by atoms with E-state index < -0.39 is 46.2 Å². The smallest absolute Gasteiger partial charge is 0.357 e. The molecular formula is C34H34F3N3O4S. The first-order valence-electron chi connectivity index (χ1n) is 14.2. The van der Waals surface area contributed by atoms with Crippen molar-refractivity contribution in [1.29, 1.82) is 0 Å². The maximum Gasteiger partial charge on any atom is 0.416 e. The maximum atomic E-state index is 14.3. The Morgan fingerprint density at radius 2 is 1.49 bits per heavy atom. The second kappa shape index (κ2) is 14.0. The van der Waals surface area contributed by atoms with Crippen LogP contribution in [0.3, 0.4) is 0 Å². The van der Waals surface area contributed by atoms with E-state index in [1.807, 2.05) is 37.3 Å². The molecule has 1 atom stereocenters. The van der Waals surface area contributed by atoms with Gasteiger partial charge in [0.25, 0.3) is 10.0 Å². The monoisotopic (exact) mass is 637 g/mol. The van der Waals surface area contributed by atoms with E-state index in [-0.39, 0.29) is 23.5 Å². The lowest BCUT2D eigenvalue weighted by molar-refractivity contribution is -0.139. The minimum atomic E-state index is -4.75. The predicted octanol–water partition coefficient (Wildman–Crippen LogP) is 5.90. The standard InChI is InChI=1S/C34H34F3N3O4S/c1-24-16-18-30(19-17-24)45(43,44)40(29-15-9-14-28(21-29)34(35,36)37)23-32(41)39(22-27-13-8-7-10-25(27)2)31(33(42)38-3)20-26-11-5-4-6-12-26/h4-19,21,31H,20,22-23H2,1-3H3,(H,38,42)/t31-/m0/s1. The average molecular weight is 638 g/mol. The summed E-state index contributed by atoms with van der Waals surface area (Å²) in [6.45, 7) is 2.71. The van der Waals surface area contributed by atoms with Crippen LogP contribution in [0.4, 0.5) is 18.9 Å². The van der Waals surface area contributed by atoms with Gasteiger partial charge in [0.15, 0.2) is 0 Å². The Bertz CT molecular complexity index is 1740. The summed E-state index contributed by atoms with van der Waals surface area (Å²) < 4.78 is 69.9. The van der Waals surface area contributed by atoms with Crippen LogP contribution in [0.1, 0.15) is 27.8 Å². The van der Waals surface area contributed by atoms with Gasteiger partial charge < -0.3 is 10.2 Å². The number of halogens is 3. The van der Waals surface area contributed by atoms with Gasteiger partial charge in [-0.2, -0.15) is 13.2 Å². The molecular weight excluding hydrogens is 603 g/mol. The molecule has 0 radical (unpaired) electrons. The second-order valence-corrected chi connectivity index (χ2v) is 12.5. The summed E-state index contributed by atoms with van der Waals surface area (Å²) in [6.07, 6.45) is -4.64. The molecule has 11 heteroatoms. The minimum Gasteiger partial charge on any atom is -0.357 e. The van der Waals surface area contributed by atoms with Crippen molar-refractivity contribution < 1.29 is 31.2 Å². The second-order valence-electron chi connectivity index (χ2n) is 10.6. The largest absolute Gasteiger partial charge is 0.416 e. The molecule has 0 spiro atoms. The van der Waals surface area contributed by atoms with Crippen LogP contribution in [0.2, 0.25) is 0 Å². The first-order valence-corrected chi connectivity index (χ1v) is 15.6. The summed E-state index contributed by atoms with van der Waals surface area (Å²) in [5.41, 5.74) is 1.69. The Hall–Kier alpha value is -4.64. The zero-order valence-electron chi connectivity index (χ0n) is 25.1. The van der Waals surface area contributed by atoms with Crippen molar-refractivity contribution in [3.05, 3.63) is 131 Å². The Morgan fingerprint density at radius 3 is 2.11 bits per heavy atom. The van der Waals surface area contributed by atoms with Crippen molar-refractivity contribution in [2.45, 2.75) is 43.9 Å². The van der Waals surface area contributed by atoms with Gasteiger partial charge in [0, 0.05) is 20.0 Å². The average Bonchev–Trinajstić information content (AvgIpc) is 3.02. The summed E-state index contributed by atoms with van der Waals surface area (Å²) >= 11 is 0. The molecule has 0 saturated carbocycles. The molecule has 2 amide bonds. The van der Waals surface area contributed by atoms with E-state index in [4.69, 9.17) is 0 Å². The normalized spacial score (nSPS) is 12.3. The predicted molar refractivity (Wildman–Crippen MR) is 167 cm³/mol. The maximum absolute atomic E-state index is 14.3. The molecule has 0 saturated heterocycles. The first-order chi connectivity index (χ1) is 21.3. The van der Waals surface area contributed by atoms with Crippen molar-refractivity contribution in [1.82, 2.24) is 10.2 Å². The number of carbonyl (C=O) groups excluding carboxylic acids is 2. The topological polar surface area (TPSA) is 86.8 Å². The number of nitrogens with zero attached hydrogens (tertiary/aromatic N) is 2. The molecule has 0 aliphatic carbocycles. The van der Waals surface area contributed by atoms with Crippen LogP contribution in [0.25, 0.3) is 0 Å². The number of aryl methyl sites for hydroxylation is 2. The van der Waals surface area contributed by atoms with Crippen LogP contribution in [0.15, 0.2) is 108 Å². The fraction of sp³-hybridized carbons (Fsp3) is 0.235. The van der Waals surface area contributed by atoms with E-state index >= 15 is 0 Å². The number of nitrogens with one attached hydrogen (secondary N) is 1. The third-order valence-electron chi connectivity index (χ3n) is 7.47. The van der Waals surface area contributed by atoms with Crippen molar-refractivity contribution in [3.8, 4) is 0 Å². The van der Waals surface area contributed by atoms with Gasteiger partial charge in [0.1, 0.15) is 12.6 Å². The number of carbonyl (C=O) groups is 2. The first kappa shape index (κ1) is 33.3. The molecule has 0 fully saturated rings. The van der Waals surface area contributed by atoms with Crippen LogP contribution < -0.4 is 9.62 Å². The highest BCUT2D eigenvalue weighted by atomic mass is 32.2. The molecule has 0 aliphatic rings. The molecule has 0 aromatic heterocycles.